The van der Waals surface area contributed by atoms with E-state index in [1.165, 1.54) is 12.1 Å². The summed E-state index contributed by atoms with van der Waals surface area (Å²) in [6, 6.07) is 5.56. The maximum absolute atomic E-state index is 11.5. The van der Waals surface area contributed by atoms with Crippen LogP contribution in [0.3, 0.4) is 0 Å². The van der Waals surface area contributed by atoms with Crippen molar-refractivity contribution in [2.45, 2.75) is 0 Å². The molecule has 7 nitrogen and oxygen atoms in total. The summed E-state index contributed by atoms with van der Waals surface area (Å²) in [4.78, 5) is 0. The maximum atomic E-state index is 11.5. The number of hydrogen-bond donors (Lipinski definition) is 3. The molecule has 0 amide bonds. The van der Waals surface area contributed by atoms with Gasteiger partial charge in [0.1, 0.15) is 11.4 Å². The van der Waals surface area contributed by atoms with Crippen LogP contribution in [0.2, 0.25) is 0 Å². The highest BCUT2D eigenvalue weighted by molar-refractivity contribution is 7.91. The fraction of sp³-hybridized carbons (Fsp3) is 0. The van der Waals surface area contributed by atoms with E-state index in [0.29, 0.717) is 4.31 Å². The molecule has 8 heteroatoms. The van der Waals surface area contributed by atoms with E-state index < -0.39 is 16.1 Å². The van der Waals surface area contributed by atoms with Crippen molar-refractivity contribution in [1.82, 2.24) is 4.72 Å². The number of aromatic hydroxyl groups is 1. The summed E-state index contributed by atoms with van der Waals surface area (Å²) in [6.45, 7) is 0. The molecule has 17 heavy (non-hydrogen) atoms. The third kappa shape index (κ3) is 1.83. The second-order valence-electron chi connectivity index (χ2n) is 3.23. The van der Waals surface area contributed by atoms with Gasteiger partial charge in [0.05, 0.1) is 17.8 Å². The van der Waals surface area contributed by atoms with E-state index in [0.717, 1.165) is 12.3 Å². The number of aliphatic hydroxyl groups excluding tert-OH is 1. The number of hydrogen-bond acceptors (Lipinski definition) is 5. The molecule has 1 aliphatic heterocycles. The summed E-state index contributed by atoms with van der Waals surface area (Å²) in [6.07, 6.45) is 0.913. The molecule has 0 aliphatic carbocycles. The molecule has 0 unspecified atom stereocenters. The van der Waals surface area contributed by atoms with Gasteiger partial charge in [-0.3, -0.25) is 0 Å². The van der Waals surface area contributed by atoms with Crippen LogP contribution < -0.4 is 9.03 Å². The summed E-state index contributed by atoms with van der Waals surface area (Å²) in [5.74, 6) is -0.922. The monoisotopic (exact) mass is 253 g/mol. The van der Waals surface area contributed by atoms with Gasteiger partial charge in [0.15, 0.2) is 0 Å². The number of nitrogens with one attached hydrogen (secondary N) is 1. The first-order valence-corrected chi connectivity index (χ1v) is 5.84. The van der Waals surface area contributed by atoms with Gasteiger partial charge in [-0.15, -0.1) is 0 Å². The van der Waals surface area contributed by atoms with Crippen LogP contribution in [-0.2, 0) is 10.2 Å². The Kier molecular flexibility index (Phi) is 2.33. The van der Waals surface area contributed by atoms with Crippen molar-refractivity contribution < 1.29 is 18.6 Å². The highest BCUT2D eigenvalue weighted by atomic mass is 32.2. The zero-order valence-electron chi connectivity index (χ0n) is 8.32. The topological polar surface area (TPSA) is 114 Å². The molecule has 1 aromatic rings. The molecule has 0 fully saturated rings. The lowest BCUT2D eigenvalue weighted by Crippen LogP contribution is -2.29. The lowest BCUT2D eigenvalue weighted by molar-refractivity contribution is 0.392. The minimum Gasteiger partial charge on any atom is -0.506 e. The van der Waals surface area contributed by atoms with Crippen molar-refractivity contribution in [1.29, 1.82) is 5.26 Å². The highest BCUT2D eigenvalue weighted by Gasteiger charge is 2.30. The Bertz CT molecular complexity index is 645. The standard InChI is InChI=1S/C9H7N3O4S/c10-4-6-1-2-7(8(13)3-6)12-5-9(14)11-17(12,15)16/h1-3,5,11,13-14H. The van der Waals surface area contributed by atoms with Crippen LogP contribution in [0, 0.1) is 11.3 Å². The second kappa shape index (κ2) is 3.57. The summed E-state index contributed by atoms with van der Waals surface area (Å²) >= 11 is 0. The molecule has 1 aromatic carbocycles. The van der Waals surface area contributed by atoms with Gasteiger partial charge in [0.2, 0.25) is 5.88 Å². The summed E-state index contributed by atoms with van der Waals surface area (Å²) in [7, 11) is -3.93. The molecule has 1 heterocycles. The molecule has 0 atom stereocenters. The molecule has 0 bridgehead atoms. The first-order chi connectivity index (χ1) is 7.94. The average Bonchev–Trinajstić information content (AvgIpc) is 2.51. The first-order valence-electron chi connectivity index (χ1n) is 4.40. The first kappa shape index (κ1) is 11.1. The molecule has 3 N–H and O–H groups in total. The number of benzene rings is 1. The van der Waals surface area contributed by atoms with Crippen LogP contribution >= 0.6 is 0 Å². The zero-order valence-corrected chi connectivity index (χ0v) is 9.14. The Morgan fingerprint density at radius 1 is 1.35 bits per heavy atom. The van der Waals surface area contributed by atoms with E-state index in [1.54, 1.807) is 6.07 Å². The van der Waals surface area contributed by atoms with Gasteiger partial charge in [0.25, 0.3) is 0 Å². The molecule has 0 saturated heterocycles. The number of nitrogens with zero attached hydrogens (tertiary/aromatic N) is 2. The van der Waals surface area contributed by atoms with Gasteiger partial charge in [-0.1, -0.05) is 0 Å². The SMILES string of the molecule is N#Cc1ccc(N2C=C(O)NS2(=O)=O)c(O)c1. The largest absolute Gasteiger partial charge is 0.506 e. The summed E-state index contributed by atoms with van der Waals surface area (Å²) in [5.41, 5.74) is 0.143. The average molecular weight is 253 g/mol. The minimum atomic E-state index is -3.93. The van der Waals surface area contributed by atoms with E-state index in [1.807, 2.05) is 4.72 Å². The maximum Gasteiger partial charge on any atom is 0.330 e. The zero-order chi connectivity index (χ0) is 12.6. The van der Waals surface area contributed by atoms with Crippen molar-refractivity contribution in [2.75, 3.05) is 4.31 Å². The highest BCUT2D eigenvalue weighted by Crippen LogP contribution is 2.32. The molecule has 88 valence electrons. The minimum absolute atomic E-state index is 0.0550. The van der Waals surface area contributed by atoms with Crippen LogP contribution in [0.1, 0.15) is 5.56 Å². The van der Waals surface area contributed by atoms with Crippen LogP contribution in [-0.4, -0.2) is 18.6 Å². The lowest BCUT2D eigenvalue weighted by atomic mass is 10.2. The van der Waals surface area contributed by atoms with Crippen molar-refractivity contribution in [3.63, 3.8) is 0 Å². The normalized spacial score (nSPS) is 17.1. The van der Waals surface area contributed by atoms with Crippen molar-refractivity contribution in [2.24, 2.45) is 0 Å². The third-order valence-electron chi connectivity index (χ3n) is 2.07. The van der Waals surface area contributed by atoms with Crippen LogP contribution in [0.4, 0.5) is 5.69 Å². The van der Waals surface area contributed by atoms with Crippen molar-refractivity contribution in [3.8, 4) is 11.8 Å². The number of rotatable bonds is 1. The quantitative estimate of drug-likeness (QED) is 0.665. The Balaban J connectivity index is 2.53. The molecular weight excluding hydrogens is 246 g/mol. The van der Waals surface area contributed by atoms with Crippen molar-refractivity contribution >= 4 is 15.9 Å². The molecule has 2 rings (SSSR count). The lowest BCUT2D eigenvalue weighted by Gasteiger charge is -2.15. The predicted octanol–water partition coefficient (Wildman–Crippen LogP) is 0.275. The van der Waals surface area contributed by atoms with E-state index in [4.69, 9.17) is 10.4 Å². The van der Waals surface area contributed by atoms with E-state index in [2.05, 4.69) is 0 Å². The summed E-state index contributed by atoms with van der Waals surface area (Å²) in [5, 5.41) is 27.3. The Labute approximate surface area is 97.0 Å². The number of nitriles is 1. The number of aliphatic hydroxyl groups is 1. The fourth-order valence-electron chi connectivity index (χ4n) is 1.37. The Hall–Kier alpha value is -2.40. The molecular formula is C9H7N3O4S. The van der Waals surface area contributed by atoms with Gasteiger partial charge in [-0.2, -0.15) is 13.7 Å². The molecule has 1 aliphatic rings. The molecule has 0 aromatic heterocycles. The Morgan fingerprint density at radius 2 is 2.06 bits per heavy atom. The van der Waals surface area contributed by atoms with Crippen LogP contribution in [0.25, 0.3) is 0 Å². The van der Waals surface area contributed by atoms with Crippen LogP contribution in [0.15, 0.2) is 30.3 Å². The third-order valence-corrected chi connectivity index (χ3v) is 3.36. The van der Waals surface area contributed by atoms with E-state index in [9.17, 15) is 13.5 Å². The van der Waals surface area contributed by atoms with E-state index in [-0.39, 0.29) is 17.0 Å². The molecule has 0 spiro atoms. The number of phenolic OH excluding ortho intramolecular Hbond substituents is 1. The molecule has 0 saturated carbocycles. The Morgan fingerprint density at radius 3 is 2.53 bits per heavy atom. The fourth-order valence-corrected chi connectivity index (χ4v) is 2.43. The van der Waals surface area contributed by atoms with Gasteiger partial charge < -0.3 is 10.2 Å². The smallest absolute Gasteiger partial charge is 0.330 e. The van der Waals surface area contributed by atoms with Crippen molar-refractivity contribution in [3.05, 3.63) is 35.8 Å². The van der Waals surface area contributed by atoms with Gasteiger partial charge in [0, 0.05) is 0 Å². The number of phenols is 1. The predicted molar refractivity (Wildman–Crippen MR) is 58.1 cm³/mol. The molecule has 0 radical (unpaired) electrons. The van der Waals surface area contributed by atoms with Gasteiger partial charge >= 0.3 is 10.2 Å². The van der Waals surface area contributed by atoms with Crippen LogP contribution in [0.5, 0.6) is 5.75 Å². The number of anilines is 1. The van der Waals surface area contributed by atoms with Gasteiger partial charge in [-0.05, 0) is 18.2 Å². The van der Waals surface area contributed by atoms with E-state index >= 15 is 0 Å². The second-order valence-corrected chi connectivity index (χ2v) is 4.78. The van der Waals surface area contributed by atoms with Gasteiger partial charge in [-0.25, -0.2) is 9.03 Å². The summed E-state index contributed by atoms with van der Waals surface area (Å²) < 4.78 is 25.5.